The number of anilines is 2. The largest absolute Gasteiger partial charge is 0.493 e. The Morgan fingerprint density at radius 1 is 1.18 bits per heavy atom. The molecule has 3 N–H and O–H groups in total. The van der Waals surface area contributed by atoms with Gasteiger partial charge in [-0.25, -0.2) is 0 Å². The third-order valence-electron chi connectivity index (χ3n) is 5.91. The lowest BCUT2D eigenvalue weighted by Crippen LogP contribution is -2.55. The summed E-state index contributed by atoms with van der Waals surface area (Å²) in [5.41, 5.74) is 7.88. The minimum atomic E-state index is -0.118. The number of piperazine rings is 1. The van der Waals surface area contributed by atoms with Crippen LogP contribution in [0.2, 0.25) is 0 Å². The van der Waals surface area contributed by atoms with Gasteiger partial charge in [-0.3, -0.25) is 14.8 Å². The molecule has 0 aliphatic carbocycles. The van der Waals surface area contributed by atoms with Crippen LogP contribution in [-0.4, -0.2) is 71.3 Å². The average molecular weight is 465 g/mol. The lowest BCUT2D eigenvalue weighted by atomic mass is 10.0. The van der Waals surface area contributed by atoms with Gasteiger partial charge in [-0.05, 0) is 38.0 Å². The highest BCUT2D eigenvalue weighted by molar-refractivity contribution is 5.94. The fraction of sp³-hybridized carbons (Fsp3) is 0.400. The quantitative estimate of drug-likeness (QED) is 0.465. The predicted molar refractivity (Wildman–Crippen MR) is 132 cm³/mol. The molecule has 4 rings (SSSR count). The highest BCUT2D eigenvalue weighted by Gasteiger charge is 2.30. The molecule has 3 aromatic rings. The van der Waals surface area contributed by atoms with Crippen molar-refractivity contribution < 1.29 is 14.3 Å². The van der Waals surface area contributed by atoms with Crippen LogP contribution in [0, 0.1) is 0 Å². The van der Waals surface area contributed by atoms with E-state index in [-0.39, 0.29) is 36.2 Å². The van der Waals surface area contributed by atoms with Crippen LogP contribution in [0.3, 0.4) is 0 Å². The number of rotatable bonds is 9. The molecule has 1 aliphatic rings. The molecule has 0 bridgehead atoms. The number of ether oxygens (including phenoxy) is 2. The Morgan fingerprint density at radius 2 is 1.97 bits per heavy atom. The third kappa shape index (κ3) is 5.66. The van der Waals surface area contributed by atoms with E-state index in [0.717, 1.165) is 37.5 Å². The van der Waals surface area contributed by atoms with Gasteiger partial charge >= 0.3 is 0 Å². The number of nitrogens with one attached hydrogen (secondary N) is 1. The SMILES string of the molecule is COc1ccc(N2CCN(CC(=O)c3nc(N)n[nH]3)[C@@H](Cc3ccccc3)C2)cc1OC(C)C. The topological polar surface area (TPSA) is 110 Å². The zero-order valence-corrected chi connectivity index (χ0v) is 19.9. The maximum Gasteiger partial charge on any atom is 0.239 e. The zero-order valence-electron chi connectivity index (χ0n) is 19.9. The summed E-state index contributed by atoms with van der Waals surface area (Å²) in [6.45, 7) is 6.54. The van der Waals surface area contributed by atoms with Crippen LogP contribution in [0.4, 0.5) is 11.6 Å². The van der Waals surface area contributed by atoms with Crippen molar-refractivity contribution in [2.45, 2.75) is 32.4 Å². The van der Waals surface area contributed by atoms with Crippen LogP contribution in [-0.2, 0) is 6.42 Å². The molecule has 0 radical (unpaired) electrons. The van der Waals surface area contributed by atoms with Gasteiger partial charge < -0.3 is 20.1 Å². The molecule has 0 unspecified atom stereocenters. The van der Waals surface area contributed by atoms with E-state index in [1.54, 1.807) is 7.11 Å². The summed E-state index contributed by atoms with van der Waals surface area (Å²) in [5, 5.41) is 6.41. The summed E-state index contributed by atoms with van der Waals surface area (Å²) in [5.74, 6) is 1.61. The van der Waals surface area contributed by atoms with Crippen molar-refractivity contribution >= 4 is 17.4 Å². The number of aromatic nitrogens is 3. The molecule has 0 spiro atoms. The number of hydrogen-bond donors (Lipinski definition) is 2. The lowest BCUT2D eigenvalue weighted by Gasteiger charge is -2.42. The van der Waals surface area contributed by atoms with Crippen molar-refractivity contribution in [2.24, 2.45) is 0 Å². The first-order valence-electron chi connectivity index (χ1n) is 11.5. The number of Topliss-reactive ketones (excluding diaryl/α,β-unsaturated/α-hetero) is 1. The molecular formula is C25H32N6O3. The van der Waals surface area contributed by atoms with Gasteiger partial charge in [-0.1, -0.05) is 30.3 Å². The van der Waals surface area contributed by atoms with Crippen molar-refractivity contribution in [3.63, 3.8) is 0 Å². The molecule has 34 heavy (non-hydrogen) atoms. The average Bonchev–Trinajstić information content (AvgIpc) is 3.27. The van der Waals surface area contributed by atoms with Crippen molar-refractivity contribution in [3.05, 3.63) is 59.9 Å². The van der Waals surface area contributed by atoms with Crippen LogP contribution < -0.4 is 20.1 Å². The molecule has 0 amide bonds. The van der Waals surface area contributed by atoms with E-state index in [2.05, 4.69) is 43.2 Å². The molecular weight excluding hydrogens is 432 g/mol. The normalized spacial score (nSPS) is 16.6. The third-order valence-corrected chi connectivity index (χ3v) is 5.91. The summed E-state index contributed by atoms with van der Waals surface area (Å²) < 4.78 is 11.5. The fourth-order valence-corrected chi connectivity index (χ4v) is 4.28. The van der Waals surface area contributed by atoms with Gasteiger partial charge in [0.1, 0.15) is 0 Å². The molecule has 2 heterocycles. The summed E-state index contributed by atoms with van der Waals surface area (Å²) in [4.78, 5) is 21.4. The molecule has 9 nitrogen and oxygen atoms in total. The first-order valence-corrected chi connectivity index (χ1v) is 11.5. The second-order valence-corrected chi connectivity index (χ2v) is 8.73. The molecule has 1 saturated heterocycles. The Labute approximate surface area is 199 Å². The Balaban J connectivity index is 1.54. The van der Waals surface area contributed by atoms with E-state index in [9.17, 15) is 4.79 Å². The van der Waals surface area contributed by atoms with E-state index >= 15 is 0 Å². The monoisotopic (exact) mass is 464 g/mol. The second-order valence-electron chi connectivity index (χ2n) is 8.73. The van der Waals surface area contributed by atoms with E-state index in [1.165, 1.54) is 5.56 Å². The van der Waals surface area contributed by atoms with Crippen LogP contribution in [0.1, 0.15) is 30.0 Å². The van der Waals surface area contributed by atoms with Crippen LogP contribution in [0.5, 0.6) is 11.5 Å². The van der Waals surface area contributed by atoms with E-state index in [4.69, 9.17) is 15.2 Å². The Bertz CT molecular complexity index is 1100. The van der Waals surface area contributed by atoms with Gasteiger partial charge in [0, 0.05) is 37.4 Å². The Hall–Kier alpha value is -3.59. The van der Waals surface area contributed by atoms with Crippen LogP contribution in [0.15, 0.2) is 48.5 Å². The number of nitrogens with zero attached hydrogens (tertiary/aromatic N) is 4. The van der Waals surface area contributed by atoms with Crippen molar-refractivity contribution in [2.75, 3.05) is 43.9 Å². The summed E-state index contributed by atoms with van der Waals surface area (Å²) in [7, 11) is 1.65. The zero-order chi connectivity index (χ0) is 24.1. The minimum Gasteiger partial charge on any atom is -0.493 e. The number of methoxy groups -OCH3 is 1. The first kappa shape index (κ1) is 23.6. The fourth-order valence-electron chi connectivity index (χ4n) is 4.28. The van der Waals surface area contributed by atoms with E-state index < -0.39 is 0 Å². The molecule has 2 aromatic carbocycles. The number of ketones is 1. The van der Waals surface area contributed by atoms with Gasteiger partial charge in [0.25, 0.3) is 0 Å². The highest BCUT2D eigenvalue weighted by atomic mass is 16.5. The van der Waals surface area contributed by atoms with Gasteiger partial charge in [0.15, 0.2) is 17.3 Å². The number of hydrogen-bond acceptors (Lipinski definition) is 8. The minimum absolute atomic E-state index is 0.0444. The van der Waals surface area contributed by atoms with Gasteiger partial charge in [0.2, 0.25) is 11.7 Å². The van der Waals surface area contributed by atoms with E-state index in [0.29, 0.717) is 5.75 Å². The van der Waals surface area contributed by atoms with Crippen LogP contribution in [0.25, 0.3) is 0 Å². The van der Waals surface area contributed by atoms with Crippen molar-refractivity contribution in [1.82, 2.24) is 20.1 Å². The molecule has 1 aromatic heterocycles. The molecule has 0 saturated carbocycles. The molecule has 1 aliphatic heterocycles. The van der Waals surface area contributed by atoms with Gasteiger partial charge in [0.05, 0.1) is 19.8 Å². The number of H-pyrrole nitrogens is 1. The maximum atomic E-state index is 12.8. The van der Waals surface area contributed by atoms with Gasteiger partial charge in [-0.15, -0.1) is 5.10 Å². The van der Waals surface area contributed by atoms with E-state index in [1.807, 2.05) is 44.2 Å². The lowest BCUT2D eigenvalue weighted by molar-refractivity contribution is 0.0865. The predicted octanol–water partition coefficient (Wildman–Crippen LogP) is 2.80. The Morgan fingerprint density at radius 3 is 2.65 bits per heavy atom. The smallest absolute Gasteiger partial charge is 0.239 e. The summed E-state index contributed by atoms with van der Waals surface area (Å²) in [6, 6.07) is 16.5. The molecule has 9 heteroatoms. The van der Waals surface area contributed by atoms with Crippen LogP contribution >= 0.6 is 0 Å². The number of carbonyl (C=O) groups is 1. The first-order chi connectivity index (χ1) is 16.4. The molecule has 1 atom stereocenters. The number of carbonyl (C=O) groups excluding carboxylic acids is 1. The van der Waals surface area contributed by atoms with Gasteiger partial charge in [-0.2, -0.15) is 4.98 Å². The second kappa shape index (κ2) is 10.6. The number of aromatic amines is 1. The number of nitrogen functional groups attached to an aromatic ring is 1. The number of benzene rings is 2. The number of nitrogens with two attached hydrogens (primary N) is 1. The summed E-state index contributed by atoms with van der Waals surface area (Å²) in [6.07, 6.45) is 0.872. The molecule has 180 valence electrons. The highest BCUT2D eigenvalue weighted by Crippen LogP contribution is 2.33. The van der Waals surface area contributed by atoms with Crippen molar-refractivity contribution in [3.8, 4) is 11.5 Å². The Kier molecular flexibility index (Phi) is 7.32. The molecule has 1 fully saturated rings. The summed E-state index contributed by atoms with van der Waals surface area (Å²) >= 11 is 0. The maximum absolute atomic E-state index is 12.8. The van der Waals surface area contributed by atoms with Crippen molar-refractivity contribution in [1.29, 1.82) is 0 Å². The standard InChI is InChI=1S/C25H32N6O3/c1-17(2)34-23-14-19(9-10-22(23)33-3)30-11-12-31(16-21(32)24-27-25(26)29-28-24)20(15-30)13-18-7-5-4-6-8-18/h4-10,14,17,20H,11-13,15-16H2,1-3H3,(H3,26,27,28,29)/t20-/m0/s1.